The molecule has 4 nitrogen and oxygen atoms in total. The molecular weight excluding hydrogens is 304 g/mol. The zero-order chi connectivity index (χ0) is 13.7. The van der Waals surface area contributed by atoms with E-state index in [1.165, 1.54) is 5.56 Å². The van der Waals surface area contributed by atoms with Crippen LogP contribution in [0.2, 0.25) is 0 Å². The van der Waals surface area contributed by atoms with E-state index in [9.17, 15) is 0 Å². The standard InChI is InChI=1S/C14H17BrN4/c1-2-19(14-17-8-13(15)9-18-14)10-12-6-4-3-5-11(12)7-16/h3-6,8-9H,2,7,10,16H2,1H3. The van der Waals surface area contributed by atoms with Crippen molar-refractivity contribution in [1.82, 2.24) is 9.97 Å². The molecular formula is C14H17BrN4. The van der Waals surface area contributed by atoms with Gasteiger partial charge in [-0.25, -0.2) is 9.97 Å². The van der Waals surface area contributed by atoms with Gasteiger partial charge in [0.05, 0.1) is 4.47 Å². The molecule has 0 atom stereocenters. The number of anilines is 1. The molecule has 0 aliphatic heterocycles. The second-order valence-electron chi connectivity index (χ2n) is 4.19. The first-order chi connectivity index (χ1) is 9.24. The van der Waals surface area contributed by atoms with Crippen molar-refractivity contribution in [3.63, 3.8) is 0 Å². The summed E-state index contributed by atoms with van der Waals surface area (Å²) >= 11 is 3.35. The van der Waals surface area contributed by atoms with Crippen molar-refractivity contribution in [1.29, 1.82) is 0 Å². The first-order valence-electron chi connectivity index (χ1n) is 6.24. The highest BCUT2D eigenvalue weighted by atomic mass is 79.9. The average Bonchev–Trinajstić information content (AvgIpc) is 2.46. The molecule has 1 heterocycles. The van der Waals surface area contributed by atoms with Crippen LogP contribution in [0.3, 0.4) is 0 Å². The van der Waals surface area contributed by atoms with Gasteiger partial charge in [-0.1, -0.05) is 24.3 Å². The third-order valence-corrected chi connectivity index (χ3v) is 3.38. The first kappa shape index (κ1) is 14.0. The molecule has 0 radical (unpaired) electrons. The number of rotatable bonds is 5. The molecule has 0 amide bonds. The van der Waals surface area contributed by atoms with Gasteiger partial charge in [-0.2, -0.15) is 0 Å². The normalized spacial score (nSPS) is 10.5. The van der Waals surface area contributed by atoms with Gasteiger partial charge in [0.25, 0.3) is 0 Å². The molecule has 0 saturated carbocycles. The highest BCUT2D eigenvalue weighted by Crippen LogP contribution is 2.16. The quantitative estimate of drug-likeness (QED) is 0.920. The number of hydrogen-bond acceptors (Lipinski definition) is 4. The summed E-state index contributed by atoms with van der Waals surface area (Å²) in [5.74, 6) is 0.734. The Morgan fingerprint density at radius 3 is 2.37 bits per heavy atom. The summed E-state index contributed by atoms with van der Waals surface area (Å²) in [6.07, 6.45) is 3.53. The lowest BCUT2D eigenvalue weighted by molar-refractivity contribution is 0.782. The molecule has 2 rings (SSSR count). The Kier molecular flexibility index (Phi) is 4.87. The minimum Gasteiger partial charge on any atom is -0.337 e. The zero-order valence-corrected chi connectivity index (χ0v) is 12.5. The molecule has 100 valence electrons. The number of nitrogens with two attached hydrogens (primary N) is 1. The molecule has 2 N–H and O–H groups in total. The Labute approximate surface area is 121 Å². The van der Waals surface area contributed by atoms with Crippen LogP contribution in [0, 0.1) is 0 Å². The van der Waals surface area contributed by atoms with Crippen LogP contribution < -0.4 is 10.6 Å². The van der Waals surface area contributed by atoms with E-state index in [-0.39, 0.29) is 0 Å². The fraction of sp³-hybridized carbons (Fsp3) is 0.286. The molecule has 1 aromatic carbocycles. The van der Waals surface area contributed by atoms with Crippen molar-refractivity contribution in [3.05, 3.63) is 52.3 Å². The Bertz CT molecular complexity index is 527. The van der Waals surface area contributed by atoms with Crippen LogP contribution >= 0.6 is 15.9 Å². The number of nitrogens with zero attached hydrogens (tertiary/aromatic N) is 3. The highest BCUT2D eigenvalue weighted by Gasteiger charge is 2.10. The van der Waals surface area contributed by atoms with E-state index in [4.69, 9.17) is 5.73 Å². The summed E-state index contributed by atoms with van der Waals surface area (Å²) in [5, 5.41) is 0. The van der Waals surface area contributed by atoms with E-state index in [0.717, 1.165) is 29.1 Å². The molecule has 2 aromatic rings. The van der Waals surface area contributed by atoms with Crippen molar-refractivity contribution < 1.29 is 0 Å². The Morgan fingerprint density at radius 2 is 1.79 bits per heavy atom. The van der Waals surface area contributed by atoms with Gasteiger partial charge in [-0.15, -0.1) is 0 Å². The molecule has 5 heteroatoms. The predicted molar refractivity (Wildman–Crippen MR) is 80.8 cm³/mol. The van der Waals surface area contributed by atoms with E-state index in [1.54, 1.807) is 12.4 Å². The Morgan fingerprint density at radius 1 is 1.16 bits per heavy atom. The summed E-state index contributed by atoms with van der Waals surface area (Å²) in [7, 11) is 0. The van der Waals surface area contributed by atoms with Crippen molar-refractivity contribution in [3.8, 4) is 0 Å². The molecule has 0 spiro atoms. The van der Waals surface area contributed by atoms with Gasteiger partial charge in [0, 0.05) is 32.0 Å². The monoisotopic (exact) mass is 320 g/mol. The maximum atomic E-state index is 5.77. The van der Waals surface area contributed by atoms with Crippen LogP contribution in [-0.4, -0.2) is 16.5 Å². The van der Waals surface area contributed by atoms with Crippen LogP contribution in [0.4, 0.5) is 5.95 Å². The number of hydrogen-bond donors (Lipinski definition) is 1. The lowest BCUT2D eigenvalue weighted by Gasteiger charge is -2.22. The van der Waals surface area contributed by atoms with E-state index < -0.39 is 0 Å². The van der Waals surface area contributed by atoms with Gasteiger partial charge in [0.1, 0.15) is 0 Å². The fourth-order valence-electron chi connectivity index (χ4n) is 1.91. The van der Waals surface area contributed by atoms with Crippen molar-refractivity contribution in [2.24, 2.45) is 5.73 Å². The van der Waals surface area contributed by atoms with Crippen LogP contribution in [0.15, 0.2) is 41.1 Å². The smallest absolute Gasteiger partial charge is 0.225 e. The molecule has 1 aromatic heterocycles. The van der Waals surface area contributed by atoms with E-state index in [0.29, 0.717) is 6.54 Å². The average molecular weight is 321 g/mol. The van der Waals surface area contributed by atoms with Gasteiger partial charge in [0.15, 0.2) is 0 Å². The van der Waals surface area contributed by atoms with E-state index >= 15 is 0 Å². The third-order valence-electron chi connectivity index (χ3n) is 2.97. The number of halogens is 1. The summed E-state index contributed by atoms with van der Waals surface area (Å²) in [6.45, 7) is 4.26. The van der Waals surface area contributed by atoms with Gasteiger partial charge < -0.3 is 10.6 Å². The van der Waals surface area contributed by atoms with Crippen LogP contribution in [0.5, 0.6) is 0 Å². The summed E-state index contributed by atoms with van der Waals surface area (Å²) < 4.78 is 0.884. The highest BCUT2D eigenvalue weighted by molar-refractivity contribution is 9.10. The van der Waals surface area contributed by atoms with Crippen molar-refractivity contribution >= 4 is 21.9 Å². The van der Waals surface area contributed by atoms with E-state index in [2.05, 4.69) is 49.9 Å². The summed E-state index contributed by atoms with van der Waals surface area (Å²) in [4.78, 5) is 10.8. The first-order valence-corrected chi connectivity index (χ1v) is 7.03. The van der Waals surface area contributed by atoms with Crippen LogP contribution in [0.1, 0.15) is 18.1 Å². The third kappa shape index (κ3) is 3.52. The van der Waals surface area contributed by atoms with Gasteiger partial charge in [0.2, 0.25) is 5.95 Å². The van der Waals surface area contributed by atoms with Crippen molar-refractivity contribution in [2.45, 2.75) is 20.0 Å². The number of aromatic nitrogens is 2. The Hall–Kier alpha value is -1.46. The number of benzene rings is 1. The van der Waals surface area contributed by atoms with Gasteiger partial charge >= 0.3 is 0 Å². The van der Waals surface area contributed by atoms with Crippen LogP contribution in [-0.2, 0) is 13.1 Å². The lowest BCUT2D eigenvalue weighted by atomic mass is 10.1. The lowest BCUT2D eigenvalue weighted by Crippen LogP contribution is -2.25. The molecule has 0 aliphatic rings. The summed E-state index contributed by atoms with van der Waals surface area (Å²) in [6, 6.07) is 8.21. The molecule has 0 saturated heterocycles. The minimum atomic E-state index is 0.551. The predicted octanol–water partition coefficient (Wildman–Crippen LogP) is 2.72. The second kappa shape index (κ2) is 6.63. The second-order valence-corrected chi connectivity index (χ2v) is 5.10. The maximum absolute atomic E-state index is 5.77. The molecule has 0 aliphatic carbocycles. The topological polar surface area (TPSA) is 55.0 Å². The molecule has 0 fully saturated rings. The zero-order valence-electron chi connectivity index (χ0n) is 10.9. The Balaban J connectivity index is 2.21. The van der Waals surface area contributed by atoms with Crippen molar-refractivity contribution in [2.75, 3.05) is 11.4 Å². The minimum absolute atomic E-state index is 0.551. The summed E-state index contributed by atoms with van der Waals surface area (Å²) in [5.41, 5.74) is 8.16. The fourth-order valence-corrected chi connectivity index (χ4v) is 2.11. The maximum Gasteiger partial charge on any atom is 0.225 e. The molecule has 0 unspecified atom stereocenters. The molecule has 19 heavy (non-hydrogen) atoms. The SMILES string of the molecule is CCN(Cc1ccccc1CN)c1ncc(Br)cn1. The molecule has 0 bridgehead atoms. The van der Waals surface area contributed by atoms with Crippen LogP contribution in [0.25, 0.3) is 0 Å². The van der Waals surface area contributed by atoms with Gasteiger partial charge in [-0.05, 0) is 34.0 Å². The van der Waals surface area contributed by atoms with E-state index in [1.807, 2.05) is 12.1 Å². The van der Waals surface area contributed by atoms with Gasteiger partial charge in [-0.3, -0.25) is 0 Å². The largest absolute Gasteiger partial charge is 0.337 e.